The van der Waals surface area contributed by atoms with Crippen molar-refractivity contribution in [1.82, 2.24) is 15.1 Å². The average molecular weight is 261 g/mol. The lowest BCUT2D eigenvalue weighted by molar-refractivity contribution is -0.147. The lowest BCUT2D eigenvalue weighted by atomic mass is 10.2. The van der Waals surface area contributed by atoms with Gasteiger partial charge in [0.25, 0.3) is 5.89 Å². The molecule has 0 aliphatic carbocycles. The molecular weight excluding hydrogens is 246 g/mol. The molecule has 0 saturated heterocycles. The lowest BCUT2D eigenvalue weighted by Gasteiger charge is -2.11. The zero-order chi connectivity index (χ0) is 13.7. The summed E-state index contributed by atoms with van der Waals surface area (Å²) in [4.78, 5) is 19.4. The molecule has 0 aliphatic heterocycles. The van der Waals surface area contributed by atoms with E-state index in [0.29, 0.717) is 23.8 Å². The van der Waals surface area contributed by atoms with E-state index in [2.05, 4.69) is 15.1 Å². The summed E-state index contributed by atoms with van der Waals surface area (Å²) in [5.74, 6) is 0.337. The van der Waals surface area contributed by atoms with Crippen LogP contribution in [-0.2, 0) is 9.53 Å². The number of nitrogens with zero attached hydrogens (tertiary/aromatic N) is 3. The van der Waals surface area contributed by atoms with Gasteiger partial charge in [0.05, 0.1) is 0 Å². The van der Waals surface area contributed by atoms with E-state index in [1.54, 1.807) is 18.3 Å². The van der Waals surface area contributed by atoms with E-state index in [9.17, 15) is 4.79 Å². The highest BCUT2D eigenvalue weighted by Gasteiger charge is 2.21. The van der Waals surface area contributed by atoms with E-state index in [1.807, 2.05) is 13.0 Å². The molecule has 6 nitrogen and oxygen atoms in total. The molecule has 0 radical (unpaired) electrons. The van der Waals surface area contributed by atoms with E-state index in [4.69, 9.17) is 9.26 Å². The van der Waals surface area contributed by atoms with Crippen LogP contribution < -0.4 is 0 Å². The third kappa shape index (κ3) is 3.37. The molecule has 0 bridgehead atoms. The van der Waals surface area contributed by atoms with Crippen LogP contribution in [0.4, 0.5) is 0 Å². The van der Waals surface area contributed by atoms with E-state index < -0.39 is 6.10 Å². The maximum Gasteiger partial charge on any atom is 0.303 e. The van der Waals surface area contributed by atoms with Gasteiger partial charge in [-0.05, 0) is 18.6 Å². The first kappa shape index (κ1) is 13.2. The Kier molecular flexibility index (Phi) is 4.22. The summed E-state index contributed by atoms with van der Waals surface area (Å²) in [6.45, 7) is 3.36. The Hall–Kier alpha value is -2.24. The first-order valence-electron chi connectivity index (χ1n) is 6.13. The van der Waals surface area contributed by atoms with Gasteiger partial charge in [-0.2, -0.15) is 4.98 Å². The molecule has 0 aromatic carbocycles. The van der Waals surface area contributed by atoms with Crippen molar-refractivity contribution in [3.8, 4) is 11.6 Å². The van der Waals surface area contributed by atoms with Crippen molar-refractivity contribution in [3.63, 3.8) is 0 Å². The van der Waals surface area contributed by atoms with Crippen LogP contribution in [0.2, 0.25) is 0 Å². The summed E-state index contributed by atoms with van der Waals surface area (Å²) in [7, 11) is 0. The normalized spacial score (nSPS) is 12.1. The molecule has 19 heavy (non-hydrogen) atoms. The highest BCUT2D eigenvalue weighted by Crippen LogP contribution is 2.23. The summed E-state index contributed by atoms with van der Waals surface area (Å²) in [6.07, 6.45) is 2.68. The summed E-state index contributed by atoms with van der Waals surface area (Å²) in [5.41, 5.74) is 0.597. The van der Waals surface area contributed by atoms with Crippen LogP contribution in [0.3, 0.4) is 0 Å². The van der Waals surface area contributed by atoms with Crippen LogP contribution in [0.5, 0.6) is 0 Å². The summed E-state index contributed by atoms with van der Waals surface area (Å²) in [5, 5.41) is 3.86. The minimum atomic E-state index is -0.469. The highest BCUT2D eigenvalue weighted by molar-refractivity contribution is 5.66. The number of hydrogen-bond acceptors (Lipinski definition) is 6. The number of carbonyl (C=O) groups is 1. The Morgan fingerprint density at radius 2 is 2.32 bits per heavy atom. The standard InChI is InChI=1S/C13H15N3O3/c1-3-6-11(18-9(2)17)12-15-13(19-16-12)10-7-4-5-8-14-10/h4-5,7-8,11H,3,6H2,1-2H3. The Morgan fingerprint density at radius 3 is 2.95 bits per heavy atom. The predicted molar refractivity (Wildman–Crippen MR) is 66.9 cm³/mol. The molecule has 2 aromatic rings. The summed E-state index contributed by atoms with van der Waals surface area (Å²) in [6, 6.07) is 5.42. The minimum Gasteiger partial charge on any atom is -0.454 e. The maximum absolute atomic E-state index is 11.1. The van der Waals surface area contributed by atoms with Crippen LogP contribution in [0, 0.1) is 0 Å². The van der Waals surface area contributed by atoms with Gasteiger partial charge in [0.1, 0.15) is 5.69 Å². The number of ether oxygens (including phenoxy) is 1. The van der Waals surface area contributed by atoms with E-state index in [0.717, 1.165) is 6.42 Å². The molecule has 2 heterocycles. The third-order valence-electron chi connectivity index (χ3n) is 2.47. The van der Waals surface area contributed by atoms with Gasteiger partial charge in [-0.1, -0.05) is 24.6 Å². The van der Waals surface area contributed by atoms with Crippen molar-refractivity contribution in [3.05, 3.63) is 30.2 Å². The van der Waals surface area contributed by atoms with Gasteiger partial charge in [0, 0.05) is 13.1 Å². The first-order chi connectivity index (χ1) is 9.20. The van der Waals surface area contributed by atoms with Gasteiger partial charge in [-0.15, -0.1) is 0 Å². The summed E-state index contributed by atoms with van der Waals surface area (Å²) >= 11 is 0. The molecule has 6 heteroatoms. The Balaban J connectivity index is 2.21. The molecule has 0 aliphatic rings. The van der Waals surface area contributed by atoms with Crippen LogP contribution in [-0.4, -0.2) is 21.1 Å². The van der Waals surface area contributed by atoms with E-state index >= 15 is 0 Å². The molecular formula is C13H15N3O3. The summed E-state index contributed by atoms with van der Waals surface area (Å²) < 4.78 is 10.3. The van der Waals surface area contributed by atoms with Crippen molar-refractivity contribution in [2.75, 3.05) is 0 Å². The van der Waals surface area contributed by atoms with Crippen molar-refractivity contribution in [2.24, 2.45) is 0 Å². The maximum atomic E-state index is 11.1. The van der Waals surface area contributed by atoms with Gasteiger partial charge in [0.15, 0.2) is 6.10 Å². The molecule has 0 saturated carbocycles. The fourth-order valence-corrected chi connectivity index (χ4v) is 1.66. The Bertz CT molecular complexity index is 539. The van der Waals surface area contributed by atoms with Gasteiger partial charge < -0.3 is 9.26 Å². The van der Waals surface area contributed by atoms with Crippen LogP contribution in [0.15, 0.2) is 28.9 Å². The second-order valence-corrected chi connectivity index (χ2v) is 4.06. The topological polar surface area (TPSA) is 78.1 Å². The molecule has 2 aromatic heterocycles. The smallest absolute Gasteiger partial charge is 0.303 e. The van der Waals surface area contributed by atoms with Crippen LogP contribution in [0.1, 0.15) is 38.6 Å². The zero-order valence-corrected chi connectivity index (χ0v) is 10.9. The van der Waals surface area contributed by atoms with Crippen molar-refractivity contribution >= 4 is 5.97 Å². The number of esters is 1. The molecule has 1 atom stereocenters. The van der Waals surface area contributed by atoms with Crippen molar-refractivity contribution < 1.29 is 14.1 Å². The number of aromatic nitrogens is 3. The van der Waals surface area contributed by atoms with Gasteiger partial charge in [-0.3, -0.25) is 9.78 Å². The van der Waals surface area contributed by atoms with Gasteiger partial charge in [-0.25, -0.2) is 0 Å². The Morgan fingerprint density at radius 1 is 1.47 bits per heavy atom. The van der Waals surface area contributed by atoms with E-state index in [1.165, 1.54) is 6.92 Å². The second-order valence-electron chi connectivity index (χ2n) is 4.06. The van der Waals surface area contributed by atoms with Crippen LogP contribution in [0.25, 0.3) is 11.6 Å². The second kappa shape index (κ2) is 6.08. The van der Waals surface area contributed by atoms with Crippen LogP contribution >= 0.6 is 0 Å². The molecule has 0 amide bonds. The highest BCUT2D eigenvalue weighted by atomic mass is 16.5. The lowest BCUT2D eigenvalue weighted by Crippen LogP contribution is -2.09. The third-order valence-corrected chi connectivity index (χ3v) is 2.47. The largest absolute Gasteiger partial charge is 0.454 e. The minimum absolute atomic E-state index is 0.323. The fraction of sp³-hybridized carbons (Fsp3) is 0.385. The predicted octanol–water partition coefficient (Wildman–Crippen LogP) is 2.54. The molecule has 100 valence electrons. The number of rotatable bonds is 5. The molecule has 0 spiro atoms. The molecule has 0 fully saturated rings. The zero-order valence-electron chi connectivity index (χ0n) is 10.9. The number of carbonyl (C=O) groups excluding carboxylic acids is 1. The van der Waals surface area contributed by atoms with E-state index in [-0.39, 0.29) is 5.97 Å². The Labute approximate surface area is 110 Å². The van der Waals surface area contributed by atoms with Crippen molar-refractivity contribution in [2.45, 2.75) is 32.8 Å². The monoisotopic (exact) mass is 261 g/mol. The SMILES string of the molecule is CCCC(OC(C)=O)c1noc(-c2ccccn2)n1. The molecule has 1 unspecified atom stereocenters. The molecule has 0 N–H and O–H groups in total. The number of hydrogen-bond donors (Lipinski definition) is 0. The van der Waals surface area contributed by atoms with Gasteiger partial charge in [0.2, 0.25) is 5.82 Å². The fourth-order valence-electron chi connectivity index (χ4n) is 1.66. The number of pyridine rings is 1. The quantitative estimate of drug-likeness (QED) is 0.769. The first-order valence-corrected chi connectivity index (χ1v) is 6.13. The molecule has 2 rings (SSSR count). The van der Waals surface area contributed by atoms with Crippen molar-refractivity contribution in [1.29, 1.82) is 0 Å². The van der Waals surface area contributed by atoms with Gasteiger partial charge >= 0.3 is 5.97 Å². The average Bonchev–Trinajstić information content (AvgIpc) is 2.88.